The highest BCUT2D eigenvalue weighted by Crippen LogP contribution is 2.49. The summed E-state index contributed by atoms with van der Waals surface area (Å²) in [5.74, 6) is -17.6. The second-order valence-electron chi connectivity index (χ2n) is 20.3. The van der Waals surface area contributed by atoms with Crippen LogP contribution in [0.2, 0.25) is 0 Å². The van der Waals surface area contributed by atoms with Gasteiger partial charge in [-0.1, -0.05) is 0 Å². The van der Waals surface area contributed by atoms with Gasteiger partial charge in [0, 0.05) is 0 Å². The smallest absolute Gasteiger partial charge is 0.200 e. The Morgan fingerprint density at radius 1 is 0.190 bits per heavy atom. The van der Waals surface area contributed by atoms with Crippen LogP contribution in [0.25, 0.3) is 0 Å². The lowest BCUT2D eigenvalue weighted by atomic mass is 9.75. The van der Waals surface area contributed by atoms with E-state index < -0.39 is 162 Å². The lowest BCUT2D eigenvalue weighted by Crippen LogP contribution is -2.19. The molecule has 0 aromatic heterocycles. The van der Waals surface area contributed by atoms with Crippen molar-refractivity contribution in [1.82, 2.24) is 0 Å². The maximum Gasteiger partial charge on any atom is 0.200 e. The summed E-state index contributed by atoms with van der Waals surface area (Å²) in [6, 6.07) is 19.7. The van der Waals surface area contributed by atoms with Gasteiger partial charge in [0.05, 0.1) is 0 Å². The summed E-state index contributed by atoms with van der Waals surface area (Å²) >= 11 is 0. The first kappa shape index (κ1) is 60.6. The molecule has 0 fully saturated rings. The van der Waals surface area contributed by atoms with E-state index in [1.54, 1.807) is 0 Å². The Morgan fingerprint density at radius 2 is 0.345 bits per heavy atom. The Morgan fingerprint density at radius 3 is 0.536 bits per heavy atom. The largest absolute Gasteiger partial charge is 0.504 e. The molecule has 0 unspecified atom stereocenters. The molecule has 0 saturated carbocycles. The fourth-order valence-corrected chi connectivity index (χ4v) is 10.2. The van der Waals surface area contributed by atoms with Gasteiger partial charge in [-0.2, -0.15) is 0 Å². The minimum absolute atomic E-state index is 0.0256. The van der Waals surface area contributed by atoms with Gasteiger partial charge in [0.25, 0.3) is 0 Å². The molecule has 0 aliphatic carbocycles. The standard InChI is InChI=1S/2C30H30O12/c2*31-19-5-13(6-20(32)27(19)39)1-2-16(3-14-7-21(33)28(40)22(34)8-14)18(17-11-25(37)30(42)26(38)12-17)4-15-9-23(35)29(41)24(36)10-15/h2*5-12,16,18,31-42H,1-4H2/t2*16-,18-/m10/s1. The van der Waals surface area contributed by atoms with Crippen molar-refractivity contribution in [2.24, 2.45) is 11.8 Å². The topological polar surface area (TPSA) is 486 Å². The van der Waals surface area contributed by atoms with Gasteiger partial charge in [-0.25, -0.2) is 0 Å². The highest BCUT2D eigenvalue weighted by atomic mass is 16.4. The van der Waals surface area contributed by atoms with Crippen LogP contribution >= 0.6 is 0 Å². The minimum Gasteiger partial charge on any atom is -0.504 e. The molecule has 0 radical (unpaired) electrons. The van der Waals surface area contributed by atoms with E-state index in [9.17, 15) is 123 Å². The second kappa shape index (κ2) is 24.8. The Labute approximate surface area is 475 Å². The Bertz CT molecular complexity index is 3320. The molecule has 444 valence electrons. The molecule has 0 bridgehead atoms. The van der Waals surface area contributed by atoms with Crippen molar-refractivity contribution in [3.05, 3.63) is 142 Å². The molecule has 0 amide bonds. The number of benzene rings is 8. The number of aryl methyl sites for hydroxylation is 2. The molecule has 0 aliphatic rings. The molecule has 0 spiro atoms. The Hall–Kier alpha value is -11.0. The summed E-state index contributed by atoms with van der Waals surface area (Å²) in [7, 11) is 0. The highest BCUT2D eigenvalue weighted by molar-refractivity contribution is 5.58. The summed E-state index contributed by atoms with van der Waals surface area (Å²) in [4.78, 5) is 0. The van der Waals surface area contributed by atoms with Crippen LogP contribution in [-0.2, 0) is 38.5 Å². The molecule has 8 aromatic carbocycles. The predicted octanol–water partition coefficient (Wildman–Crippen LogP) is 7.94. The highest BCUT2D eigenvalue weighted by Gasteiger charge is 2.31. The molecular formula is C60H60O24. The van der Waals surface area contributed by atoms with Crippen LogP contribution in [0.1, 0.15) is 69.2 Å². The van der Waals surface area contributed by atoms with E-state index in [4.69, 9.17) is 0 Å². The van der Waals surface area contributed by atoms with Crippen LogP contribution in [0.3, 0.4) is 0 Å². The average molecular weight is 1170 g/mol. The fraction of sp³-hybridized carbons (Fsp3) is 0.200. The number of hydrogen-bond donors (Lipinski definition) is 24. The van der Waals surface area contributed by atoms with Gasteiger partial charge in [0.15, 0.2) is 138 Å². The van der Waals surface area contributed by atoms with E-state index >= 15 is 0 Å². The predicted molar refractivity (Wildman–Crippen MR) is 295 cm³/mol. The third-order valence-electron chi connectivity index (χ3n) is 14.5. The van der Waals surface area contributed by atoms with Gasteiger partial charge < -0.3 is 123 Å². The normalized spacial score (nSPS) is 12.7. The van der Waals surface area contributed by atoms with Gasteiger partial charge in [0.1, 0.15) is 0 Å². The van der Waals surface area contributed by atoms with Crippen molar-refractivity contribution in [2.75, 3.05) is 0 Å². The van der Waals surface area contributed by atoms with Crippen molar-refractivity contribution >= 4 is 0 Å². The maximum atomic E-state index is 10.3. The maximum absolute atomic E-state index is 10.3. The van der Waals surface area contributed by atoms with Crippen LogP contribution < -0.4 is 0 Å². The first-order valence-electron chi connectivity index (χ1n) is 25.4. The summed E-state index contributed by atoms with van der Waals surface area (Å²) in [5, 5.41) is 241. The first-order chi connectivity index (χ1) is 39.5. The van der Waals surface area contributed by atoms with E-state index in [0.29, 0.717) is 44.5 Å². The molecule has 8 aromatic rings. The van der Waals surface area contributed by atoms with Crippen molar-refractivity contribution < 1.29 is 123 Å². The molecular weight excluding hydrogens is 1100 g/mol. The van der Waals surface area contributed by atoms with Crippen LogP contribution in [-0.4, -0.2) is 123 Å². The van der Waals surface area contributed by atoms with Crippen LogP contribution in [0.15, 0.2) is 97.1 Å². The van der Waals surface area contributed by atoms with E-state index in [0.717, 1.165) is 0 Å². The van der Waals surface area contributed by atoms with Crippen molar-refractivity contribution in [3.63, 3.8) is 0 Å². The number of hydrogen-bond acceptors (Lipinski definition) is 24. The molecule has 24 nitrogen and oxygen atoms in total. The molecule has 4 atom stereocenters. The van der Waals surface area contributed by atoms with Crippen molar-refractivity contribution in [3.8, 4) is 138 Å². The molecule has 24 N–H and O–H groups in total. The Kier molecular flexibility index (Phi) is 17.9. The zero-order valence-electron chi connectivity index (χ0n) is 43.9. The van der Waals surface area contributed by atoms with E-state index in [-0.39, 0.29) is 51.4 Å². The zero-order chi connectivity index (χ0) is 61.8. The van der Waals surface area contributed by atoms with Gasteiger partial charge in [0.2, 0.25) is 0 Å². The third kappa shape index (κ3) is 13.7. The fourth-order valence-electron chi connectivity index (χ4n) is 10.2. The molecule has 84 heavy (non-hydrogen) atoms. The first-order valence-corrected chi connectivity index (χ1v) is 25.4. The summed E-state index contributed by atoms with van der Waals surface area (Å²) in [5.41, 5.74) is 2.89. The average Bonchev–Trinajstić information content (AvgIpc) is 3.62. The van der Waals surface area contributed by atoms with Gasteiger partial charge >= 0.3 is 0 Å². The molecule has 0 saturated heterocycles. The van der Waals surface area contributed by atoms with E-state index in [2.05, 4.69) is 0 Å². The second-order valence-corrected chi connectivity index (χ2v) is 20.3. The molecule has 24 heteroatoms. The van der Waals surface area contributed by atoms with Crippen LogP contribution in [0.4, 0.5) is 0 Å². The van der Waals surface area contributed by atoms with E-state index in [1.165, 1.54) is 97.1 Å². The summed E-state index contributed by atoms with van der Waals surface area (Å²) in [6.07, 6.45) is 1.13. The van der Waals surface area contributed by atoms with Crippen molar-refractivity contribution in [2.45, 2.75) is 63.2 Å². The van der Waals surface area contributed by atoms with Crippen LogP contribution in [0, 0.1) is 11.8 Å². The third-order valence-corrected chi connectivity index (χ3v) is 14.5. The van der Waals surface area contributed by atoms with Gasteiger partial charge in [-0.05, 0) is 217 Å². The molecule has 0 aliphatic heterocycles. The summed E-state index contributed by atoms with van der Waals surface area (Å²) in [6.45, 7) is 0. The quantitative estimate of drug-likeness (QED) is 0.0362. The SMILES string of the molecule is Oc1cc(CC[C@@H](Cc2cc(O)c(O)c(O)c2)[C@H](Cc2cc(O)c(O)c(O)c2)c2cc(O)c(O)c(O)c2)cc(O)c1O.Oc1cc(CC[C@H](Cc2cc(O)c(O)c(O)c2)[C@@H](Cc2cc(O)c(O)c(O)c2)c2cc(O)c(O)c(O)c2)cc(O)c1O. The monoisotopic (exact) mass is 1160 g/mol. The minimum atomic E-state index is -0.752. The number of phenols is 24. The summed E-state index contributed by atoms with van der Waals surface area (Å²) < 4.78 is 0. The van der Waals surface area contributed by atoms with E-state index in [1.807, 2.05) is 0 Å². The lowest BCUT2D eigenvalue weighted by Gasteiger charge is -2.29. The number of rotatable bonds is 18. The number of phenolic OH excluding ortho intramolecular Hbond substituents is 24. The molecule has 0 heterocycles. The van der Waals surface area contributed by atoms with Crippen molar-refractivity contribution in [1.29, 1.82) is 0 Å². The Balaban J connectivity index is 0.000000241. The molecule has 8 rings (SSSR count). The zero-order valence-corrected chi connectivity index (χ0v) is 43.9. The lowest BCUT2D eigenvalue weighted by molar-refractivity contribution is 0.352. The number of aromatic hydroxyl groups is 24. The van der Waals surface area contributed by atoms with Crippen LogP contribution in [0.5, 0.6) is 138 Å². The van der Waals surface area contributed by atoms with Gasteiger partial charge in [-0.15, -0.1) is 0 Å². The van der Waals surface area contributed by atoms with Gasteiger partial charge in [-0.3, -0.25) is 0 Å².